The van der Waals surface area contributed by atoms with E-state index in [2.05, 4.69) is 5.32 Å². The van der Waals surface area contributed by atoms with Gasteiger partial charge in [0.05, 0.1) is 25.3 Å². The molecule has 0 radical (unpaired) electrons. The third-order valence-electron chi connectivity index (χ3n) is 5.31. The van der Waals surface area contributed by atoms with Crippen LogP contribution in [0.25, 0.3) is 11.1 Å². The van der Waals surface area contributed by atoms with Gasteiger partial charge in [0.15, 0.2) is 0 Å². The second-order valence-corrected chi connectivity index (χ2v) is 9.79. The van der Waals surface area contributed by atoms with Crippen molar-refractivity contribution in [2.75, 3.05) is 19.3 Å². The van der Waals surface area contributed by atoms with Crippen molar-refractivity contribution in [3.05, 3.63) is 78.0 Å². The molecule has 0 saturated carbocycles. The number of halogens is 1. The first-order valence-corrected chi connectivity index (χ1v) is 13.0. The third kappa shape index (κ3) is 8.78. The molecule has 8 heteroatoms. The van der Waals surface area contributed by atoms with E-state index in [1.807, 2.05) is 36.4 Å². The topological polar surface area (TPSA) is 91.9 Å². The summed E-state index contributed by atoms with van der Waals surface area (Å²) in [6, 6.07) is 14.7. The molecule has 33 heavy (non-hydrogen) atoms. The van der Waals surface area contributed by atoms with Crippen molar-refractivity contribution < 1.29 is 27.9 Å². The van der Waals surface area contributed by atoms with Crippen LogP contribution < -0.4 is 10.1 Å². The maximum Gasteiger partial charge on any atom is 0.325 e. The number of benzene rings is 2. The monoisotopic (exact) mass is 475 g/mol. The van der Waals surface area contributed by atoms with Crippen molar-refractivity contribution in [1.29, 1.82) is 0 Å². The van der Waals surface area contributed by atoms with Crippen LogP contribution in [0, 0.1) is 5.82 Å². The lowest BCUT2D eigenvalue weighted by molar-refractivity contribution is 0.306. The van der Waals surface area contributed by atoms with E-state index in [1.165, 1.54) is 6.07 Å². The standard InChI is InChI=1S/C25H31FNO5P/c26-24-9-4-3-8-21(24)7-2-1-5-14-32-25-11-10-20(17-23(25)22-12-15-31-19-22)18-27-13-6-16-33(28,29)30/h3-4,8-12,15,17,19,27H,1-2,5-7,13-14,16,18H2,(H2,28,29,30). The van der Waals surface area contributed by atoms with Gasteiger partial charge in [-0.3, -0.25) is 4.57 Å². The van der Waals surface area contributed by atoms with E-state index in [0.29, 0.717) is 26.1 Å². The Morgan fingerprint density at radius 3 is 2.64 bits per heavy atom. The summed E-state index contributed by atoms with van der Waals surface area (Å²) in [5, 5.41) is 3.22. The van der Waals surface area contributed by atoms with Gasteiger partial charge in [-0.15, -0.1) is 0 Å². The summed E-state index contributed by atoms with van der Waals surface area (Å²) in [5.41, 5.74) is 3.66. The van der Waals surface area contributed by atoms with Crippen LogP contribution in [0.2, 0.25) is 0 Å². The Morgan fingerprint density at radius 1 is 1.03 bits per heavy atom. The van der Waals surface area contributed by atoms with Crippen LogP contribution >= 0.6 is 7.60 Å². The van der Waals surface area contributed by atoms with Gasteiger partial charge in [-0.2, -0.15) is 0 Å². The Hall–Kier alpha value is -2.44. The van der Waals surface area contributed by atoms with Crippen LogP contribution in [-0.2, 0) is 17.5 Å². The summed E-state index contributed by atoms with van der Waals surface area (Å²) in [7, 11) is -3.95. The lowest BCUT2D eigenvalue weighted by Gasteiger charge is -2.13. The normalized spacial score (nSPS) is 11.6. The number of ether oxygens (including phenoxy) is 1. The van der Waals surface area contributed by atoms with Gasteiger partial charge >= 0.3 is 7.60 Å². The Morgan fingerprint density at radius 2 is 1.88 bits per heavy atom. The molecule has 0 spiro atoms. The summed E-state index contributed by atoms with van der Waals surface area (Å²) in [4.78, 5) is 17.9. The number of hydrogen-bond acceptors (Lipinski definition) is 4. The van der Waals surface area contributed by atoms with E-state index in [0.717, 1.165) is 53.7 Å². The fourth-order valence-corrected chi connectivity index (χ4v) is 4.15. The number of hydrogen-bond donors (Lipinski definition) is 3. The molecular formula is C25H31FNO5P. The molecule has 0 aliphatic carbocycles. The van der Waals surface area contributed by atoms with Crippen LogP contribution in [0.3, 0.4) is 0 Å². The maximum atomic E-state index is 13.7. The molecule has 1 heterocycles. The van der Waals surface area contributed by atoms with Gasteiger partial charge in [0, 0.05) is 17.7 Å². The molecule has 0 fully saturated rings. The third-order valence-corrected chi connectivity index (χ3v) is 6.21. The van der Waals surface area contributed by atoms with E-state index in [4.69, 9.17) is 18.9 Å². The molecule has 0 atom stereocenters. The molecule has 178 valence electrons. The van der Waals surface area contributed by atoms with Crippen LogP contribution in [0.5, 0.6) is 5.75 Å². The van der Waals surface area contributed by atoms with Gasteiger partial charge in [0.2, 0.25) is 0 Å². The van der Waals surface area contributed by atoms with Crippen molar-refractivity contribution in [2.24, 2.45) is 0 Å². The first-order chi connectivity index (χ1) is 15.9. The first-order valence-electron chi connectivity index (χ1n) is 11.2. The van der Waals surface area contributed by atoms with E-state index in [-0.39, 0.29) is 12.0 Å². The van der Waals surface area contributed by atoms with Gasteiger partial charge in [-0.1, -0.05) is 24.3 Å². The van der Waals surface area contributed by atoms with Crippen LogP contribution in [0.15, 0.2) is 65.5 Å². The summed E-state index contributed by atoms with van der Waals surface area (Å²) in [5.74, 6) is 0.630. The average Bonchev–Trinajstić information content (AvgIpc) is 3.31. The molecule has 6 nitrogen and oxygen atoms in total. The fraction of sp³-hybridized carbons (Fsp3) is 0.360. The highest BCUT2D eigenvalue weighted by molar-refractivity contribution is 7.51. The van der Waals surface area contributed by atoms with Crippen molar-refractivity contribution >= 4 is 7.60 Å². The molecular weight excluding hydrogens is 444 g/mol. The molecule has 2 aromatic carbocycles. The number of nitrogens with one attached hydrogen (secondary N) is 1. The molecule has 0 amide bonds. The predicted molar refractivity (Wildman–Crippen MR) is 127 cm³/mol. The number of aryl methyl sites for hydroxylation is 1. The fourth-order valence-electron chi connectivity index (χ4n) is 3.58. The molecule has 0 bridgehead atoms. The van der Waals surface area contributed by atoms with Gasteiger partial charge < -0.3 is 24.3 Å². The lowest BCUT2D eigenvalue weighted by Crippen LogP contribution is -2.16. The van der Waals surface area contributed by atoms with Crippen molar-refractivity contribution in [3.63, 3.8) is 0 Å². The minimum absolute atomic E-state index is 0.118. The summed E-state index contributed by atoms with van der Waals surface area (Å²) in [6.45, 7) is 1.68. The summed E-state index contributed by atoms with van der Waals surface area (Å²) in [6.07, 6.45) is 7.05. The van der Waals surface area contributed by atoms with E-state index < -0.39 is 7.60 Å². The Kier molecular flexibility index (Phi) is 9.70. The predicted octanol–water partition coefficient (Wildman–Crippen LogP) is 5.53. The molecule has 0 saturated heterocycles. The van der Waals surface area contributed by atoms with Crippen molar-refractivity contribution in [2.45, 2.75) is 38.6 Å². The quantitative estimate of drug-likeness (QED) is 0.210. The van der Waals surface area contributed by atoms with Crippen LogP contribution in [-0.4, -0.2) is 29.1 Å². The Bertz CT molecular complexity index is 1040. The smallest absolute Gasteiger partial charge is 0.325 e. The highest BCUT2D eigenvalue weighted by atomic mass is 31.2. The summed E-state index contributed by atoms with van der Waals surface area (Å²) >= 11 is 0. The average molecular weight is 475 g/mol. The highest BCUT2D eigenvalue weighted by Gasteiger charge is 2.12. The van der Waals surface area contributed by atoms with Crippen molar-refractivity contribution in [3.8, 4) is 16.9 Å². The summed E-state index contributed by atoms with van der Waals surface area (Å²) < 4.78 is 35.9. The molecule has 1 aromatic heterocycles. The van der Waals surface area contributed by atoms with Gasteiger partial charge in [-0.05, 0) is 74.0 Å². The molecule has 0 unspecified atom stereocenters. The van der Waals surface area contributed by atoms with Crippen molar-refractivity contribution in [1.82, 2.24) is 5.32 Å². The Labute approximate surface area is 194 Å². The molecule has 3 N–H and O–H groups in total. The maximum absolute atomic E-state index is 13.7. The van der Waals surface area contributed by atoms with Gasteiger partial charge in [0.1, 0.15) is 11.6 Å². The van der Waals surface area contributed by atoms with Crippen LogP contribution in [0.4, 0.5) is 4.39 Å². The van der Waals surface area contributed by atoms with Crippen LogP contribution in [0.1, 0.15) is 36.8 Å². The first kappa shape index (κ1) is 25.2. The zero-order valence-corrected chi connectivity index (χ0v) is 19.5. The van der Waals surface area contributed by atoms with Gasteiger partial charge in [0.25, 0.3) is 0 Å². The highest BCUT2D eigenvalue weighted by Crippen LogP contribution is 2.34. The molecule has 0 aliphatic heterocycles. The zero-order valence-electron chi connectivity index (χ0n) is 18.6. The molecule has 0 aliphatic rings. The minimum atomic E-state index is -3.95. The SMILES string of the molecule is O=P(O)(O)CCCNCc1ccc(OCCCCCc2ccccc2F)c(-c2ccoc2)c1. The Balaban J connectivity index is 1.48. The van der Waals surface area contributed by atoms with E-state index in [9.17, 15) is 8.96 Å². The number of furan rings is 1. The van der Waals surface area contributed by atoms with E-state index in [1.54, 1.807) is 18.6 Å². The van der Waals surface area contributed by atoms with E-state index >= 15 is 0 Å². The zero-order chi connectivity index (χ0) is 23.5. The largest absolute Gasteiger partial charge is 0.493 e. The molecule has 3 aromatic rings. The lowest BCUT2D eigenvalue weighted by atomic mass is 10.0. The van der Waals surface area contributed by atoms with Gasteiger partial charge in [-0.25, -0.2) is 4.39 Å². The minimum Gasteiger partial charge on any atom is -0.493 e. The number of rotatable bonds is 14. The second kappa shape index (κ2) is 12.7. The second-order valence-electron chi connectivity index (χ2n) is 8.01. The number of unbranched alkanes of at least 4 members (excludes halogenated alkanes) is 2. The molecule has 3 rings (SSSR count).